The fourth-order valence-electron chi connectivity index (χ4n) is 1.81. The van der Waals surface area contributed by atoms with E-state index in [0.717, 1.165) is 5.56 Å². The van der Waals surface area contributed by atoms with Gasteiger partial charge in [0.25, 0.3) is 0 Å². The molecule has 0 amide bonds. The third-order valence-corrected chi connectivity index (χ3v) is 3.07. The van der Waals surface area contributed by atoms with Crippen LogP contribution in [0.25, 0.3) is 0 Å². The number of nitrogens with zero attached hydrogens (tertiary/aromatic N) is 1. The summed E-state index contributed by atoms with van der Waals surface area (Å²) < 4.78 is 5.04. The number of ether oxygens (including phenoxy) is 1. The van der Waals surface area contributed by atoms with Crippen LogP contribution in [-0.2, 0) is 16.1 Å². The first kappa shape index (κ1) is 11.1. The molecule has 0 bridgehead atoms. The van der Waals surface area contributed by atoms with E-state index in [2.05, 4.69) is 0 Å². The van der Waals surface area contributed by atoms with Crippen LogP contribution in [0.3, 0.4) is 0 Å². The van der Waals surface area contributed by atoms with E-state index in [1.165, 1.54) is 0 Å². The summed E-state index contributed by atoms with van der Waals surface area (Å²) in [6, 6.07) is 9.84. The van der Waals surface area contributed by atoms with E-state index in [4.69, 9.17) is 4.74 Å². The van der Waals surface area contributed by atoms with Crippen molar-refractivity contribution in [2.24, 2.45) is 0 Å². The second-order valence-electron chi connectivity index (χ2n) is 4.17. The van der Waals surface area contributed by atoms with Gasteiger partial charge in [0, 0.05) is 6.54 Å². The lowest BCUT2D eigenvalue weighted by Gasteiger charge is -2.44. The quantitative estimate of drug-likeness (QED) is 0.823. The Balaban J connectivity index is 2.08. The Hall–Kier alpha value is -1.39. The minimum Gasteiger partial charge on any atom is -0.480 e. The first-order valence-electron chi connectivity index (χ1n) is 5.21. The highest BCUT2D eigenvalue weighted by Crippen LogP contribution is 2.25. The van der Waals surface area contributed by atoms with Crippen LogP contribution in [0, 0.1) is 0 Å². The van der Waals surface area contributed by atoms with E-state index in [-0.39, 0.29) is 13.2 Å². The number of hydrogen-bond donors (Lipinski definition) is 1. The maximum absolute atomic E-state index is 11.2. The molecule has 4 nitrogen and oxygen atoms in total. The predicted octanol–water partition coefficient (Wildman–Crippen LogP) is 0.972. The number of carbonyl (C=O) groups is 1. The van der Waals surface area contributed by atoms with Gasteiger partial charge in [-0.25, -0.2) is 0 Å². The van der Waals surface area contributed by atoms with Gasteiger partial charge in [-0.2, -0.15) is 0 Å². The normalized spacial score (nSPS) is 18.1. The van der Waals surface area contributed by atoms with Crippen LogP contribution in [0.2, 0.25) is 0 Å². The predicted molar refractivity (Wildman–Crippen MR) is 59.1 cm³/mol. The minimum atomic E-state index is -0.837. The standard InChI is InChI=1S/C12H15NO3/c1-13(7-10-5-3-2-4-6-10)12(11(14)15)8-16-9-12/h2-6H,7-9H2,1H3,(H,14,15). The lowest BCUT2D eigenvalue weighted by atomic mass is 9.95. The lowest BCUT2D eigenvalue weighted by molar-refractivity contribution is -0.185. The number of carboxylic acid groups (broad SMARTS) is 1. The van der Waals surface area contributed by atoms with Crippen LogP contribution in [0.1, 0.15) is 5.56 Å². The first-order valence-corrected chi connectivity index (χ1v) is 5.21. The molecule has 1 aliphatic rings. The highest BCUT2D eigenvalue weighted by atomic mass is 16.5. The molecule has 0 aromatic heterocycles. The van der Waals surface area contributed by atoms with E-state index in [0.29, 0.717) is 6.54 Å². The monoisotopic (exact) mass is 221 g/mol. The van der Waals surface area contributed by atoms with E-state index in [1.807, 2.05) is 42.3 Å². The molecule has 1 saturated heterocycles. The Bertz CT molecular complexity index is 373. The zero-order valence-corrected chi connectivity index (χ0v) is 9.22. The van der Waals surface area contributed by atoms with Gasteiger partial charge in [0.1, 0.15) is 0 Å². The Morgan fingerprint density at radius 2 is 2.06 bits per heavy atom. The van der Waals surface area contributed by atoms with Crippen molar-refractivity contribution in [2.45, 2.75) is 12.1 Å². The van der Waals surface area contributed by atoms with E-state index < -0.39 is 11.5 Å². The third-order valence-electron chi connectivity index (χ3n) is 3.07. The minimum absolute atomic E-state index is 0.270. The zero-order valence-electron chi connectivity index (χ0n) is 9.22. The number of carboxylic acids is 1. The second kappa shape index (κ2) is 4.23. The molecule has 0 atom stereocenters. The van der Waals surface area contributed by atoms with Crippen LogP contribution in [-0.4, -0.2) is 41.8 Å². The lowest BCUT2D eigenvalue weighted by Crippen LogP contribution is -2.65. The van der Waals surface area contributed by atoms with Crippen LogP contribution in [0.4, 0.5) is 0 Å². The van der Waals surface area contributed by atoms with E-state index in [1.54, 1.807) is 0 Å². The number of likely N-dealkylation sites (N-methyl/N-ethyl adjacent to an activating group) is 1. The molecule has 2 rings (SSSR count). The molecule has 1 aliphatic heterocycles. The Morgan fingerprint density at radius 1 is 1.44 bits per heavy atom. The van der Waals surface area contributed by atoms with Gasteiger partial charge < -0.3 is 9.84 Å². The van der Waals surface area contributed by atoms with Gasteiger partial charge in [0.05, 0.1) is 13.2 Å². The Morgan fingerprint density at radius 3 is 2.50 bits per heavy atom. The molecule has 16 heavy (non-hydrogen) atoms. The maximum atomic E-state index is 11.2. The summed E-state index contributed by atoms with van der Waals surface area (Å²) in [4.78, 5) is 13.1. The highest BCUT2D eigenvalue weighted by Gasteiger charge is 2.49. The summed E-state index contributed by atoms with van der Waals surface area (Å²) >= 11 is 0. The molecule has 1 aromatic rings. The third kappa shape index (κ3) is 1.81. The number of aliphatic carboxylic acids is 1. The largest absolute Gasteiger partial charge is 0.480 e. The van der Waals surface area contributed by atoms with Crippen molar-refractivity contribution < 1.29 is 14.6 Å². The van der Waals surface area contributed by atoms with Crippen molar-refractivity contribution in [3.63, 3.8) is 0 Å². The van der Waals surface area contributed by atoms with Gasteiger partial charge in [-0.3, -0.25) is 9.69 Å². The molecule has 0 spiro atoms. The molecular formula is C12H15NO3. The van der Waals surface area contributed by atoms with E-state index in [9.17, 15) is 9.90 Å². The number of rotatable bonds is 4. The number of benzene rings is 1. The highest BCUT2D eigenvalue weighted by molar-refractivity contribution is 5.80. The molecule has 1 heterocycles. The summed E-state index contributed by atoms with van der Waals surface area (Å²) in [5, 5.41) is 9.21. The Labute approximate surface area is 94.4 Å². The molecule has 0 radical (unpaired) electrons. The summed E-state index contributed by atoms with van der Waals surface area (Å²) in [6.07, 6.45) is 0. The van der Waals surface area contributed by atoms with Crippen molar-refractivity contribution in [1.29, 1.82) is 0 Å². The van der Waals surface area contributed by atoms with Crippen molar-refractivity contribution in [1.82, 2.24) is 4.90 Å². The van der Waals surface area contributed by atoms with Crippen LogP contribution in [0.15, 0.2) is 30.3 Å². The van der Waals surface area contributed by atoms with Gasteiger partial charge in [0.15, 0.2) is 5.54 Å². The molecule has 1 fully saturated rings. The molecule has 1 aromatic carbocycles. The topological polar surface area (TPSA) is 49.8 Å². The van der Waals surface area contributed by atoms with Crippen molar-refractivity contribution in [3.05, 3.63) is 35.9 Å². The molecule has 86 valence electrons. The summed E-state index contributed by atoms with van der Waals surface area (Å²) in [6.45, 7) is 1.16. The molecule has 1 N–H and O–H groups in total. The SMILES string of the molecule is CN(Cc1ccccc1)C1(C(=O)O)COC1. The average molecular weight is 221 g/mol. The maximum Gasteiger partial charge on any atom is 0.328 e. The zero-order chi connectivity index (χ0) is 11.6. The molecular weight excluding hydrogens is 206 g/mol. The van der Waals surface area contributed by atoms with Gasteiger partial charge in [-0.1, -0.05) is 30.3 Å². The van der Waals surface area contributed by atoms with Crippen molar-refractivity contribution >= 4 is 5.97 Å². The summed E-state index contributed by atoms with van der Waals surface area (Å²) in [5.41, 5.74) is 0.271. The van der Waals surface area contributed by atoms with Gasteiger partial charge in [-0.15, -0.1) is 0 Å². The Kier molecular flexibility index (Phi) is 2.94. The number of hydrogen-bond acceptors (Lipinski definition) is 3. The second-order valence-corrected chi connectivity index (χ2v) is 4.17. The van der Waals surface area contributed by atoms with Crippen LogP contribution >= 0.6 is 0 Å². The molecule has 0 unspecified atom stereocenters. The molecule has 4 heteroatoms. The molecule has 0 aliphatic carbocycles. The van der Waals surface area contributed by atoms with Gasteiger partial charge >= 0.3 is 5.97 Å². The fourth-order valence-corrected chi connectivity index (χ4v) is 1.81. The fraction of sp³-hybridized carbons (Fsp3) is 0.417. The van der Waals surface area contributed by atoms with Crippen molar-refractivity contribution in [3.8, 4) is 0 Å². The van der Waals surface area contributed by atoms with E-state index >= 15 is 0 Å². The van der Waals surface area contributed by atoms with Crippen LogP contribution < -0.4 is 0 Å². The summed E-state index contributed by atoms with van der Waals surface area (Å²) in [5.74, 6) is -0.808. The smallest absolute Gasteiger partial charge is 0.328 e. The average Bonchev–Trinajstić information content (AvgIpc) is 2.16. The van der Waals surface area contributed by atoms with Crippen LogP contribution in [0.5, 0.6) is 0 Å². The summed E-state index contributed by atoms with van der Waals surface area (Å²) in [7, 11) is 1.82. The molecule has 0 saturated carbocycles. The van der Waals surface area contributed by atoms with Crippen molar-refractivity contribution in [2.75, 3.05) is 20.3 Å². The first-order chi connectivity index (χ1) is 7.65. The van der Waals surface area contributed by atoms with Gasteiger partial charge in [0.2, 0.25) is 0 Å². The van der Waals surface area contributed by atoms with Gasteiger partial charge in [-0.05, 0) is 12.6 Å².